The first-order chi connectivity index (χ1) is 9.81. The Morgan fingerprint density at radius 1 is 1.35 bits per heavy atom. The fourth-order valence-electron chi connectivity index (χ4n) is 1.78. The van der Waals surface area contributed by atoms with Crippen LogP contribution in [0.4, 0.5) is 0 Å². The minimum Gasteiger partial charge on any atom is -0.467 e. The van der Waals surface area contributed by atoms with E-state index in [1.807, 2.05) is 40.5 Å². The lowest BCUT2D eigenvalue weighted by Crippen LogP contribution is -2.24. The van der Waals surface area contributed by atoms with Crippen LogP contribution in [0.2, 0.25) is 0 Å². The number of rotatable bonds is 5. The Labute approximate surface area is 119 Å². The van der Waals surface area contributed by atoms with Crippen molar-refractivity contribution in [2.45, 2.75) is 13.0 Å². The second kappa shape index (κ2) is 5.75. The van der Waals surface area contributed by atoms with Gasteiger partial charge in [-0.3, -0.25) is 4.79 Å². The summed E-state index contributed by atoms with van der Waals surface area (Å²) in [4.78, 5) is 16.2. The Balaban J connectivity index is 1.56. The lowest BCUT2D eigenvalue weighted by atomic mass is 10.3. The van der Waals surface area contributed by atoms with Gasteiger partial charge < -0.3 is 14.3 Å². The van der Waals surface area contributed by atoms with E-state index in [2.05, 4.69) is 10.3 Å². The maximum Gasteiger partial charge on any atom is 0.226 e. The van der Waals surface area contributed by atoms with Gasteiger partial charge >= 0.3 is 0 Å². The molecule has 3 heterocycles. The van der Waals surface area contributed by atoms with Gasteiger partial charge in [0.15, 0.2) is 5.13 Å². The molecule has 3 aromatic rings. The third-order valence-corrected chi connectivity index (χ3v) is 3.65. The number of nitrogens with zero attached hydrogens (tertiary/aromatic N) is 2. The zero-order valence-corrected chi connectivity index (χ0v) is 11.5. The summed E-state index contributed by atoms with van der Waals surface area (Å²) in [5.41, 5.74) is 0.774. The molecule has 0 atom stereocenters. The number of aromatic nitrogens is 2. The second-order valence-electron chi connectivity index (χ2n) is 4.24. The van der Waals surface area contributed by atoms with Crippen LogP contribution in [0, 0.1) is 0 Å². The Bertz CT molecular complexity index is 671. The molecule has 0 aliphatic rings. The molecule has 0 spiro atoms. The molecule has 5 nitrogen and oxygen atoms in total. The van der Waals surface area contributed by atoms with Crippen molar-refractivity contribution in [1.29, 1.82) is 0 Å². The summed E-state index contributed by atoms with van der Waals surface area (Å²) < 4.78 is 7.08. The van der Waals surface area contributed by atoms with Gasteiger partial charge in [0.25, 0.3) is 0 Å². The van der Waals surface area contributed by atoms with E-state index in [0.29, 0.717) is 6.54 Å². The normalized spacial score (nSPS) is 10.6. The van der Waals surface area contributed by atoms with Crippen molar-refractivity contribution >= 4 is 17.2 Å². The summed E-state index contributed by atoms with van der Waals surface area (Å²) in [5, 5.41) is 5.57. The largest absolute Gasteiger partial charge is 0.467 e. The molecule has 0 aliphatic carbocycles. The van der Waals surface area contributed by atoms with Crippen LogP contribution >= 0.6 is 11.3 Å². The molecule has 6 heteroatoms. The van der Waals surface area contributed by atoms with Crippen molar-refractivity contribution < 1.29 is 9.21 Å². The first kappa shape index (κ1) is 12.7. The highest BCUT2D eigenvalue weighted by Crippen LogP contribution is 2.15. The fourth-order valence-corrected chi connectivity index (χ4v) is 2.57. The van der Waals surface area contributed by atoms with Crippen LogP contribution in [-0.4, -0.2) is 15.5 Å². The van der Waals surface area contributed by atoms with E-state index in [1.165, 1.54) is 11.3 Å². The van der Waals surface area contributed by atoms with E-state index in [4.69, 9.17) is 4.42 Å². The molecule has 20 heavy (non-hydrogen) atoms. The summed E-state index contributed by atoms with van der Waals surface area (Å²) in [5.74, 6) is 0.676. The average Bonchev–Trinajstić information content (AvgIpc) is 3.18. The first-order valence-corrected chi connectivity index (χ1v) is 7.06. The molecule has 1 amide bonds. The van der Waals surface area contributed by atoms with Crippen LogP contribution < -0.4 is 5.32 Å². The van der Waals surface area contributed by atoms with Crippen molar-refractivity contribution in [3.63, 3.8) is 0 Å². The topological polar surface area (TPSA) is 60.1 Å². The minimum absolute atomic E-state index is 0.0641. The Morgan fingerprint density at radius 3 is 2.95 bits per heavy atom. The summed E-state index contributed by atoms with van der Waals surface area (Å²) in [6.07, 6.45) is 5.73. The number of thiazole rings is 1. The molecule has 1 N–H and O–H groups in total. The Kier molecular flexibility index (Phi) is 3.64. The van der Waals surface area contributed by atoms with Gasteiger partial charge in [0.1, 0.15) is 5.76 Å². The molecule has 0 saturated heterocycles. The van der Waals surface area contributed by atoms with Crippen LogP contribution in [0.15, 0.2) is 52.7 Å². The minimum atomic E-state index is -0.0641. The first-order valence-electron chi connectivity index (χ1n) is 6.18. The highest BCUT2D eigenvalue weighted by molar-refractivity contribution is 7.12. The molecule has 0 saturated carbocycles. The third-order valence-electron chi connectivity index (χ3n) is 2.75. The molecule has 0 radical (unpaired) electrons. The number of furan rings is 1. The smallest absolute Gasteiger partial charge is 0.226 e. The van der Waals surface area contributed by atoms with E-state index >= 15 is 0 Å². The zero-order valence-electron chi connectivity index (χ0n) is 10.7. The van der Waals surface area contributed by atoms with Crippen LogP contribution in [0.3, 0.4) is 0 Å². The van der Waals surface area contributed by atoms with Crippen molar-refractivity contribution in [3.8, 4) is 5.13 Å². The predicted octanol–water partition coefficient (Wildman–Crippen LogP) is 2.39. The average molecular weight is 287 g/mol. The molecular weight excluding hydrogens is 274 g/mol. The predicted molar refractivity (Wildman–Crippen MR) is 75.7 cm³/mol. The number of carbonyl (C=O) groups is 1. The van der Waals surface area contributed by atoms with E-state index < -0.39 is 0 Å². The van der Waals surface area contributed by atoms with E-state index in [0.717, 1.165) is 16.6 Å². The standard InChI is InChI=1S/C14H13N3O2S/c18-13(15-9-12-4-3-7-19-12)8-11-10-20-14(16-11)17-5-1-2-6-17/h1-7,10H,8-9H2,(H,15,18). The van der Waals surface area contributed by atoms with Gasteiger partial charge in [-0.25, -0.2) is 4.98 Å². The maximum absolute atomic E-state index is 11.8. The molecule has 0 fully saturated rings. The molecule has 3 aromatic heterocycles. The van der Waals surface area contributed by atoms with Crippen molar-refractivity contribution in [1.82, 2.24) is 14.9 Å². The Hall–Kier alpha value is -2.34. The molecule has 0 bridgehead atoms. The van der Waals surface area contributed by atoms with Crippen LogP contribution in [-0.2, 0) is 17.8 Å². The third kappa shape index (κ3) is 2.97. The fraction of sp³-hybridized carbons (Fsp3) is 0.143. The summed E-state index contributed by atoms with van der Waals surface area (Å²) in [7, 11) is 0. The van der Waals surface area contributed by atoms with Crippen LogP contribution in [0.5, 0.6) is 0 Å². The van der Waals surface area contributed by atoms with E-state index in [-0.39, 0.29) is 12.3 Å². The molecule has 0 aromatic carbocycles. The highest BCUT2D eigenvalue weighted by Gasteiger charge is 2.08. The molecular formula is C14H13N3O2S. The lowest BCUT2D eigenvalue weighted by Gasteiger charge is -2.01. The molecule has 102 valence electrons. The number of nitrogens with one attached hydrogen (secondary N) is 1. The maximum atomic E-state index is 11.8. The zero-order chi connectivity index (χ0) is 13.8. The number of hydrogen-bond donors (Lipinski definition) is 1. The Morgan fingerprint density at radius 2 is 2.20 bits per heavy atom. The van der Waals surface area contributed by atoms with E-state index in [1.54, 1.807) is 12.3 Å². The van der Waals surface area contributed by atoms with Gasteiger partial charge in [-0.1, -0.05) is 0 Å². The number of amides is 1. The summed E-state index contributed by atoms with van der Waals surface area (Å²) >= 11 is 1.52. The van der Waals surface area contributed by atoms with Gasteiger partial charge in [0, 0.05) is 17.8 Å². The second-order valence-corrected chi connectivity index (χ2v) is 5.08. The van der Waals surface area contributed by atoms with E-state index in [9.17, 15) is 4.79 Å². The molecule has 3 rings (SSSR count). The number of carbonyl (C=O) groups excluding carboxylic acids is 1. The van der Waals surface area contributed by atoms with Gasteiger partial charge in [0.2, 0.25) is 5.91 Å². The monoisotopic (exact) mass is 287 g/mol. The quantitative estimate of drug-likeness (QED) is 0.784. The lowest BCUT2D eigenvalue weighted by molar-refractivity contribution is -0.120. The van der Waals surface area contributed by atoms with Crippen molar-refractivity contribution in [3.05, 3.63) is 59.8 Å². The van der Waals surface area contributed by atoms with Crippen molar-refractivity contribution in [2.24, 2.45) is 0 Å². The van der Waals surface area contributed by atoms with Crippen LogP contribution in [0.1, 0.15) is 11.5 Å². The molecule has 0 unspecified atom stereocenters. The summed E-state index contributed by atoms with van der Waals surface area (Å²) in [6.45, 7) is 0.403. The van der Waals surface area contributed by atoms with Crippen LogP contribution in [0.25, 0.3) is 5.13 Å². The van der Waals surface area contributed by atoms with Crippen molar-refractivity contribution in [2.75, 3.05) is 0 Å². The SMILES string of the molecule is O=C(Cc1csc(-n2cccc2)n1)NCc1ccco1. The van der Waals surface area contributed by atoms with Gasteiger partial charge in [-0.2, -0.15) is 0 Å². The molecule has 0 aliphatic heterocycles. The summed E-state index contributed by atoms with van der Waals surface area (Å²) in [6, 6.07) is 7.51. The van der Waals surface area contributed by atoms with Gasteiger partial charge in [-0.15, -0.1) is 11.3 Å². The van der Waals surface area contributed by atoms with Gasteiger partial charge in [0.05, 0.1) is 24.9 Å². The van der Waals surface area contributed by atoms with Gasteiger partial charge in [-0.05, 0) is 24.3 Å². The number of hydrogen-bond acceptors (Lipinski definition) is 4. The highest BCUT2D eigenvalue weighted by atomic mass is 32.1.